The van der Waals surface area contributed by atoms with Gasteiger partial charge in [0.05, 0.1) is 6.61 Å². The van der Waals surface area contributed by atoms with Gasteiger partial charge in [0.15, 0.2) is 0 Å². The van der Waals surface area contributed by atoms with Crippen LogP contribution >= 0.6 is 0 Å². The minimum Gasteiger partial charge on any atom is -0.466 e. The molecule has 0 bridgehead atoms. The van der Waals surface area contributed by atoms with E-state index in [0.717, 1.165) is 25.7 Å². The van der Waals surface area contributed by atoms with Crippen LogP contribution in [0.15, 0.2) is 12.2 Å². The van der Waals surface area contributed by atoms with Crippen LogP contribution in [-0.2, 0) is 9.53 Å². The van der Waals surface area contributed by atoms with Crippen molar-refractivity contribution in [2.45, 2.75) is 46.0 Å². The summed E-state index contributed by atoms with van der Waals surface area (Å²) in [6.45, 7) is 8.18. The molecule has 0 radical (unpaired) electrons. The Hall–Kier alpha value is -0.790. The lowest BCUT2D eigenvalue weighted by Gasteiger charge is -2.01. The number of allylic oxidation sites excluding steroid dienone is 1. The average Bonchev–Trinajstić information content (AvgIpc) is 2.03. The first kappa shape index (κ1) is 12.2. The van der Waals surface area contributed by atoms with Crippen LogP contribution in [0.5, 0.6) is 0 Å². The molecule has 0 aromatic heterocycles. The van der Waals surface area contributed by atoms with Crippen molar-refractivity contribution in [1.29, 1.82) is 0 Å². The van der Waals surface area contributed by atoms with Crippen molar-refractivity contribution in [3.05, 3.63) is 12.2 Å². The van der Waals surface area contributed by atoms with Gasteiger partial charge in [0.1, 0.15) is 0 Å². The Bertz CT molecular complexity index is 161. The van der Waals surface area contributed by atoms with Crippen LogP contribution in [0.25, 0.3) is 0 Å². The Morgan fingerprint density at radius 3 is 2.38 bits per heavy atom. The Labute approximate surface area is 81.0 Å². The third-order valence-electron chi connectivity index (χ3n) is 1.79. The average molecular weight is 184 g/mol. The number of carbonyl (C=O) groups is 1. The second-order valence-corrected chi connectivity index (χ2v) is 3.32. The quantitative estimate of drug-likeness (QED) is 0.345. The number of carbonyl (C=O) groups excluding carboxylic acids is 1. The lowest BCUT2D eigenvalue weighted by atomic mass is 10.1. The Morgan fingerprint density at radius 1 is 1.23 bits per heavy atom. The van der Waals surface area contributed by atoms with Gasteiger partial charge in [-0.2, -0.15) is 0 Å². The minimum atomic E-state index is -0.0715. The molecule has 0 aromatic carbocycles. The van der Waals surface area contributed by atoms with Gasteiger partial charge in [-0.15, -0.1) is 6.58 Å². The lowest BCUT2D eigenvalue weighted by Crippen LogP contribution is -2.03. The molecular formula is C11H20O2. The van der Waals surface area contributed by atoms with Crippen LogP contribution in [0.2, 0.25) is 0 Å². The summed E-state index contributed by atoms with van der Waals surface area (Å²) in [6, 6.07) is 0. The van der Waals surface area contributed by atoms with Gasteiger partial charge in [-0.1, -0.05) is 12.0 Å². The molecule has 0 aliphatic heterocycles. The summed E-state index contributed by atoms with van der Waals surface area (Å²) >= 11 is 0. The fourth-order valence-electron chi connectivity index (χ4n) is 1.11. The van der Waals surface area contributed by atoms with Crippen LogP contribution in [0.3, 0.4) is 0 Å². The van der Waals surface area contributed by atoms with Crippen molar-refractivity contribution in [2.24, 2.45) is 0 Å². The standard InChI is InChI=1S/C11H20O2/c1-4-13-11(12)9-7-5-6-8-10(2)3/h2,4-9H2,1,3H3. The second-order valence-electron chi connectivity index (χ2n) is 3.32. The zero-order valence-electron chi connectivity index (χ0n) is 8.77. The van der Waals surface area contributed by atoms with Crippen molar-refractivity contribution in [1.82, 2.24) is 0 Å². The van der Waals surface area contributed by atoms with Crippen LogP contribution in [0, 0.1) is 0 Å². The molecule has 0 aliphatic carbocycles. The van der Waals surface area contributed by atoms with E-state index >= 15 is 0 Å². The highest BCUT2D eigenvalue weighted by Crippen LogP contribution is 2.08. The molecule has 76 valence electrons. The van der Waals surface area contributed by atoms with E-state index in [4.69, 9.17) is 4.74 Å². The molecule has 2 heteroatoms. The Morgan fingerprint density at radius 2 is 1.85 bits per heavy atom. The van der Waals surface area contributed by atoms with Gasteiger partial charge in [-0.25, -0.2) is 0 Å². The third-order valence-corrected chi connectivity index (χ3v) is 1.79. The minimum absolute atomic E-state index is 0.0715. The van der Waals surface area contributed by atoms with Gasteiger partial charge in [-0.05, 0) is 33.1 Å². The number of hydrogen-bond acceptors (Lipinski definition) is 2. The molecule has 0 unspecified atom stereocenters. The fraction of sp³-hybridized carbons (Fsp3) is 0.727. The number of rotatable bonds is 7. The molecule has 0 amide bonds. The Kier molecular flexibility index (Phi) is 7.36. The topological polar surface area (TPSA) is 26.3 Å². The second kappa shape index (κ2) is 7.84. The highest BCUT2D eigenvalue weighted by atomic mass is 16.5. The molecule has 0 N–H and O–H groups in total. The predicted molar refractivity (Wildman–Crippen MR) is 54.5 cm³/mol. The van der Waals surface area contributed by atoms with E-state index in [1.54, 1.807) is 0 Å². The summed E-state index contributed by atoms with van der Waals surface area (Å²) in [7, 11) is 0. The zero-order chi connectivity index (χ0) is 10.1. The van der Waals surface area contributed by atoms with Gasteiger partial charge >= 0.3 is 5.97 Å². The molecule has 0 fully saturated rings. The molecule has 0 heterocycles. The maximum absolute atomic E-state index is 10.9. The van der Waals surface area contributed by atoms with E-state index in [9.17, 15) is 4.79 Å². The van der Waals surface area contributed by atoms with E-state index in [1.165, 1.54) is 5.57 Å². The first-order valence-corrected chi connectivity index (χ1v) is 4.96. The third kappa shape index (κ3) is 9.12. The number of unbranched alkanes of at least 4 members (excludes halogenated alkanes) is 2. The van der Waals surface area contributed by atoms with Crippen LogP contribution in [0.1, 0.15) is 46.0 Å². The summed E-state index contributed by atoms with van der Waals surface area (Å²) < 4.78 is 4.81. The van der Waals surface area contributed by atoms with Gasteiger partial charge in [0.2, 0.25) is 0 Å². The van der Waals surface area contributed by atoms with Crippen LogP contribution < -0.4 is 0 Å². The summed E-state index contributed by atoms with van der Waals surface area (Å²) in [5, 5.41) is 0. The number of esters is 1. The van der Waals surface area contributed by atoms with Crippen molar-refractivity contribution < 1.29 is 9.53 Å². The van der Waals surface area contributed by atoms with Crippen molar-refractivity contribution >= 4 is 5.97 Å². The van der Waals surface area contributed by atoms with Gasteiger partial charge < -0.3 is 4.74 Å². The highest BCUT2D eigenvalue weighted by molar-refractivity contribution is 5.69. The molecule has 0 aromatic rings. The Balaban J connectivity index is 3.16. The molecular weight excluding hydrogens is 164 g/mol. The molecule has 0 aliphatic rings. The molecule has 0 rings (SSSR count). The van der Waals surface area contributed by atoms with E-state index in [-0.39, 0.29) is 5.97 Å². The smallest absolute Gasteiger partial charge is 0.305 e. The molecule has 2 nitrogen and oxygen atoms in total. The first-order valence-electron chi connectivity index (χ1n) is 4.96. The number of ether oxygens (including phenoxy) is 1. The molecule has 0 atom stereocenters. The zero-order valence-corrected chi connectivity index (χ0v) is 8.77. The van der Waals surface area contributed by atoms with Crippen molar-refractivity contribution in [3.63, 3.8) is 0 Å². The molecule has 13 heavy (non-hydrogen) atoms. The summed E-state index contributed by atoms with van der Waals surface area (Å²) in [4.78, 5) is 10.9. The van der Waals surface area contributed by atoms with Crippen LogP contribution in [0.4, 0.5) is 0 Å². The van der Waals surface area contributed by atoms with E-state index in [0.29, 0.717) is 13.0 Å². The van der Waals surface area contributed by atoms with E-state index in [1.807, 2.05) is 13.8 Å². The van der Waals surface area contributed by atoms with Crippen molar-refractivity contribution in [3.8, 4) is 0 Å². The normalized spacial score (nSPS) is 9.69. The molecule has 0 spiro atoms. The van der Waals surface area contributed by atoms with E-state index < -0.39 is 0 Å². The van der Waals surface area contributed by atoms with Gasteiger partial charge in [-0.3, -0.25) is 4.79 Å². The highest BCUT2D eigenvalue weighted by Gasteiger charge is 2.00. The lowest BCUT2D eigenvalue weighted by molar-refractivity contribution is -0.143. The van der Waals surface area contributed by atoms with Gasteiger partial charge in [0.25, 0.3) is 0 Å². The largest absolute Gasteiger partial charge is 0.466 e. The van der Waals surface area contributed by atoms with Crippen molar-refractivity contribution in [2.75, 3.05) is 6.61 Å². The summed E-state index contributed by atoms with van der Waals surface area (Å²) in [6.07, 6.45) is 4.79. The summed E-state index contributed by atoms with van der Waals surface area (Å²) in [5.74, 6) is -0.0715. The fourth-order valence-corrected chi connectivity index (χ4v) is 1.11. The molecule has 0 saturated carbocycles. The predicted octanol–water partition coefficient (Wildman–Crippen LogP) is 3.08. The summed E-state index contributed by atoms with van der Waals surface area (Å²) in [5.41, 5.74) is 1.22. The number of hydrogen-bond donors (Lipinski definition) is 0. The maximum Gasteiger partial charge on any atom is 0.305 e. The molecule has 0 saturated heterocycles. The maximum atomic E-state index is 10.9. The van der Waals surface area contributed by atoms with Gasteiger partial charge in [0, 0.05) is 6.42 Å². The van der Waals surface area contributed by atoms with E-state index in [2.05, 4.69) is 6.58 Å². The van der Waals surface area contributed by atoms with Crippen LogP contribution in [-0.4, -0.2) is 12.6 Å². The SMILES string of the molecule is C=C(C)CCCCCC(=O)OCC. The monoisotopic (exact) mass is 184 g/mol. The first-order chi connectivity index (χ1) is 6.16.